The van der Waals surface area contributed by atoms with E-state index in [1.165, 1.54) is 0 Å². The van der Waals surface area contributed by atoms with Crippen molar-refractivity contribution in [3.63, 3.8) is 0 Å². The molecule has 1 amide bonds. The Kier molecular flexibility index (Phi) is 5.56. The van der Waals surface area contributed by atoms with Gasteiger partial charge in [0.15, 0.2) is 17.5 Å². The number of thiophene rings is 1. The van der Waals surface area contributed by atoms with Crippen molar-refractivity contribution in [2.75, 3.05) is 4.90 Å². The first-order valence-electron chi connectivity index (χ1n) is 10.6. The first-order valence-corrected chi connectivity index (χ1v) is 12.7. The van der Waals surface area contributed by atoms with E-state index in [1.807, 2.05) is 70.9 Å². The number of nitrogens with one attached hydrogen (secondary N) is 1. The Balaban J connectivity index is 1.69. The number of amidine groups is 1. The standard InChI is InChI=1S/C26H15BrClN5OS/c27-16-9-12-20-19(14-16)25(30-23(29-20)22-6-3-13-35-22)33-21-5-2-1-4-18(21)26(34)32-31-24(33)15-7-10-17(28)11-8-15/h1-14H,(H,32,34). The van der Waals surface area contributed by atoms with E-state index in [0.717, 1.165) is 25.8 Å². The Hall–Kier alpha value is -3.59. The number of carbonyl (C=O) groups is 1. The Labute approximate surface area is 218 Å². The number of hydrogen-bond donors (Lipinski definition) is 1. The first kappa shape index (κ1) is 21.9. The van der Waals surface area contributed by atoms with E-state index in [4.69, 9.17) is 21.6 Å². The van der Waals surface area contributed by atoms with E-state index in [0.29, 0.717) is 33.8 Å². The van der Waals surface area contributed by atoms with Gasteiger partial charge in [0, 0.05) is 20.4 Å². The molecule has 1 aliphatic rings. The fraction of sp³-hybridized carbons (Fsp3) is 0. The van der Waals surface area contributed by atoms with Gasteiger partial charge in [-0.3, -0.25) is 9.69 Å². The molecule has 1 N–H and O–H groups in total. The van der Waals surface area contributed by atoms with Crippen LogP contribution in [0.3, 0.4) is 0 Å². The molecule has 0 bridgehead atoms. The predicted molar refractivity (Wildman–Crippen MR) is 145 cm³/mol. The summed E-state index contributed by atoms with van der Waals surface area (Å²) in [7, 11) is 0. The average Bonchev–Trinajstić information content (AvgIpc) is 3.37. The van der Waals surface area contributed by atoms with E-state index >= 15 is 0 Å². The number of fused-ring (bicyclic) bond motifs is 2. The number of aromatic nitrogens is 2. The molecular formula is C26H15BrClN5OS. The number of rotatable bonds is 3. The molecule has 2 aromatic heterocycles. The molecule has 3 aromatic carbocycles. The fourth-order valence-corrected chi connectivity index (χ4v) is 5.11. The highest BCUT2D eigenvalue weighted by molar-refractivity contribution is 9.10. The minimum absolute atomic E-state index is 0.299. The van der Waals surface area contributed by atoms with Gasteiger partial charge in [-0.2, -0.15) is 5.10 Å². The van der Waals surface area contributed by atoms with Crippen LogP contribution in [0.5, 0.6) is 0 Å². The van der Waals surface area contributed by atoms with Gasteiger partial charge in [-0.05, 0) is 66.0 Å². The van der Waals surface area contributed by atoms with Crippen molar-refractivity contribution >= 4 is 73.0 Å². The highest BCUT2D eigenvalue weighted by atomic mass is 79.9. The summed E-state index contributed by atoms with van der Waals surface area (Å²) in [5, 5.41) is 7.94. The maximum Gasteiger partial charge on any atom is 0.273 e. The van der Waals surface area contributed by atoms with Gasteiger partial charge in [0.2, 0.25) is 0 Å². The third-order valence-corrected chi connectivity index (χ3v) is 7.17. The summed E-state index contributed by atoms with van der Waals surface area (Å²) in [4.78, 5) is 25.7. The van der Waals surface area contributed by atoms with Gasteiger partial charge in [-0.25, -0.2) is 15.4 Å². The number of hydrogen-bond acceptors (Lipinski definition) is 6. The van der Waals surface area contributed by atoms with Gasteiger partial charge in [0.25, 0.3) is 5.91 Å². The number of nitrogens with zero attached hydrogens (tertiary/aromatic N) is 4. The topological polar surface area (TPSA) is 70.5 Å². The summed E-state index contributed by atoms with van der Waals surface area (Å²) >= 11 is 11.3. The van der Waals surface area contributed by atoms with Crippen LogP contribution in [0.2, 0.25) is 5.02 Å². The summed E-state index contributed by atoms with van der Waals surface area (Å²) < 4.78 is 0.890. The van der Waals surface area contributed by atoms with Crippen LogP contribution in [-0.2, 0) is 0 Å². The summed E-state index contributed by atoms with van der Waals surface area (Å²) in [6, 6.07) is 24.6. The third-order valence-electron chi connectivity index (χ3n) is 5.56. The number of para-hydroxylation sites is 1. The fourth-order valence-electron chi connectivity index (χ4n) is 3.97. The zero-order valence-corrected chi connectivity index (χ0v) is 21.1. The van der Waals surface area contributed by atoms with Crippen LogP contribution in [0.4, 0.5) is 11.5 Å². The van der Waals surface area contributed by atoms with Crippen LogP contribution in [0, 0.1) is 0 Å². The molecule has 0 aliphatic carbocycles. The minimum Gasteiger partial charge on any atom is -0.276 e. The zero-order chi connectivity index (χ0) is 23.9. The highest BCUT2D eigenvalue weighted by Gasteiger charge is 2.29. The number of carbonyl (C=O) groups excluding carboxylic acids is 1. The summed E-state index contributed by atoms with van der Waals surface area (Å²) in [6.07, 6.45) is 0. The molecule has 1 aliphatic heterocycles. The first-order chi connectivity index (χ1) is 17.1. The normalized spacial score (nSPS) is 13.3. The van der Waals surface area contributed by atoms with Crippen LogP contribution in [0.1, 0.15) is 15.9 Å². The zero-order valence-electron chi connectivity index (χ0n) is 17.9. The maximum atomic E-state index is 13.0. The number of hydrazone groups is 1. The molecule has 0 saturated heterocycles. The lowest BCUT2D eigenvalue weighted by molar-refractivity contribution is 0.0956. The molecule has 0 radical (unpaired) electrons. The van der Waals surface area contributed by atoms with E-state index < -0.39 is 0 Å². The van der Waals surface area contributed by atoms with Crippen molar-refractivity contribution in [3.05, 3.63) is 105 Å². The van der Waals surface area contributed by atoms with Crippen LogP contribution in [0.25, 0.3) is 21.6 Å². The maximum absolute atomic E-state index is 13.0. The highest BCUT2D eigenvalue weighted by Crippen LogP contribution is 2.38. The molecule has 5 aromatic rings. The summed E-state index contributed by atoms with van der Waals surface area (Å²) in [5.74, 6) is 1.42. The number of anilines is 2. The Morgan fingerprint density at radius 1 is 0.943 bits per heavy atom. The lowest BCUT2D eigenvalue weighted by Gasteiger charge is -2.26. The van der Waals surface area contributed by atoms with E-state index in [2.05, 4.69) is 26.5 Å². The van der Waals surface area contributed by atoms with E-state index in [9.17, 15) is 4.79 Å². The van der Waals surface area contributed by atoms with Crippen molar-refractivity contribution in [1.29, 1.82) is 0 Å². The molecule has 35 heavy (non-hydrogen) atoms. The average molecular weight is 561 g/mol. The van der Waals surface area contributed by atoms with E-state index in [-0.39, 0.29) is 5.91 Å². The Bertz CT molecular complexity index is 1620. The van der Waals surface area contributed by atoms with Crippen LogP contribution in [0.15, 0.2) is 93.8 Å². The quantitative estimate of drug-likeness (QED) is 0.257. The van der Waals surface area contributed by atoms with Crippen molar-refractivity contribution in [1.82, 2.24) is 15.4 Å². The second kappa shape index (κ2) is 8.88. The largest absolute Gasteiger partial charge is 0.276 e. The van der Waals surface area contributed by atoms with Crippen LogP contribution >= 0.6 is 38.9 Å². The Morgan fingerprint density at radius 2 is 1.77 bits per heavy atom. The molecule has 9 heteroatoms. The van der Waals surface area contributed by atoms with Gasteiger partial charge < -0.3 is 0 Å². The molecule has 6 rings (SSSR count). The third kappa shape index (κ3) is 3.99. The van der Waals surface area contributed by atoms with Gasteiger partial charge in [-0.15, -0.1) is 11.3 Å². The van der Waals surface area contributed by atoms with Crippen molar-refractivity contribution in [3.8, 4) is 10.7 Å². The number of amides is 1. The SMILES string of the molecule is O=C1NN=C(c2ccc(Cl)cc2)N(c2nc(-c3cccs3)nc3ccc(Br)cc23)c2ccccc21. The second-order valence-corrected chi connectivity index (χ2v) is 10.0. The smallest absolute Gasteiger partial charge is 0.273 e. The van der Waals surface area contributed by atoms with Crippen molar-refractivity contribution in [2.24, 2.45) is 5.10 Å². The molecule has 0 unspecified atom stereocenters. The molecule has 0 atom stereocenters. The molecule has 0 fully saturated rings. The molecule has 170 valence electrons. The molecule has 0 saturated carbocycles. The monoisotopic (exact) mass is 559 g/mol. The van der Waals surface area contributed by atoms with Gasteiger partial charge in [-0.1, -0.05) is 45.7 Å². The van der Waals surface area contributed by atoms with Crippen molar-refractivity contribution in [2.45, 2.75) is 0 Å². The van der Waals surface area contributed by atoms with Crippen LogP contribution < -0.4 is 10.3 Å². The second-order valence-electron chi connectivity index (χ2n) is 7.75. The molecule has 6 nitrogen and oxygen atoms in total. The summed E-state index contributed by atoms with van der Waals surface area (Å²) in [5.41, 5.74) is 5.38. The van der Waals surface area contributed by atoms with Crippen molar-refractivity contribution < 1.29 is 4.79 Å². The predicted octanol–water partition coefficient (Wildman–Crippen LogP) is 7.02. The lowest BCUT2D eigenvalue weighted by Crippen LogP contribution is -2.29. The van der Waals surface area contributed by atoms with Gasteiger partial charge >= 0.3 is 0 Å². The van der Waals surface area contributed by atoms with E-state index in [1.54, 1.807) is 29.5 Å². The van der Waals surface area contributed by atoms with Gasteiger partial charge in [0.1, 0.15) is 0 Å². The molecule has 0 spiro atoms. The van der Waals surface area contributed by atoms with Gasteiger partial charge in [0.05, 0.1) is 21.6 Å². The summed E-state index contributed by atoms with van der Waals surface area (Å²) in [6.45, 7) is 0. The number of benzene rings is 3. The van der Waals surface area contributed by atoms with Crippen LogP contribution in [-0.4, -0.2) is 21.7 Å². The molecular weight excluding hydrogens is 546 g/mol. The number of halogens is 2. The molecule has 3 heterocycles. The lowest BCUT2D eigenvalue weighted by atomic mass is 10.1. The minimum atomic E-state index is -0.299. The Morgan fingerprint density at radius 3 is 2.57 bits per heavy atom.